The zero-order valence-electron chi connectivity index (χ0n) is 10.5. The van der Waals surface area contributed by atoms with Gasteiger partial charge in [0.05, 0.1) is 0 Å². The second-order valence-electron chi connectivity index (χ2n) is 4.37. The number of hydrogen-bond donors (Lipinski definition) is 0. The highest BCUT2D eigenvalue weighted by atomic mass is 19.1. The molecule has 3 aromatic rings. The predicted octanol–water partition coefficient (Wildman–Crippen LogP) is 2.84. The summed E-state index contributed by atoms with van der Waals surface area (Å²) >= 11 is 0. The van der Waals surface area contributed by atoms with Crippen LogP contribution >= 0.6 is 0 Å². The van der Waals surface area contributed by atoms with Crippen molar-refractivity contribution in [2.45, 2.75) is 6.92 Å². The average molecular weight is 258 g/mol. The van der Waals surface area contributed by atoms with E-state index in [1.165, 1.54) is 22.9 Å². The van der Waals surface area contributed by atoms with E-state index >= 15 is 0 Å². The van der Waals surface area contributed by atoms with Gasteiger partial charge in [-0.05, 0) is 31.2 Å². The molecule has 4 nitrogen and oxygen atoms in total. The van der Waals surface area contributed by atoms with E-state index < -0.39 is 0 Å². The van der Waals surface area contributed by atoms with E-state index in [2.05, 4.69) is 5.10 Å². The molecule has 0 amide bonds. The van der Waals surface area contributed by atoms with Crippen molar-refractivity contribution in [1.82, 2.24) is 9.78 Å². The van der Waals surface area contributed by atoms with Crippen molar-refractivity contribution in [1.29, 1.82) is 0 Å². The van der Waals surface area contributed by atoms with Crippen LogP contribution in [0.4, 0.5) is 4.39 Å². The number of carbonyl (C=O) groups excluding carboxylic acids is 1. The average Bonchev–Trinajstić information content (AvgIpc) is 2.94. The zero-order chi connectivity index (χ0) is 13.6. The minimum absolute atomic E-state index is 0.226. The smallest absolute Gasteiger partial charge is 0.246 e. The molecule has 0 bridgehead atoms. The van der Waals surface area contributed by atoms with E-state index in [-0.39, 0.29) is 17.4 Å². The quantitative estimate of drug-likeness (QED) is 0.664. The molecular formula is C14H11FN2O2. The van der Waals surface area contributed by atoms with Crippen LogP contribution in [-0.2, 0) is 7.05 Å². The molecule has 1 aromatic carbocycles. The second kappa shape index (κ2) is 4.05. The molecule has 5 heteroatoms. The number of carbonyl (C=O) groups is 1. The summed E-state index contributed by atoms with van der Waals surface area (Å²) in [5.74, 6) is -0.380. The molecular weight excluding hydrogens is 247 g/mol. The van der Waals surface area contributed by atoms with Gasteiger partial charge in [0.15, 0.2) is 5.76 Å². The van der Waals surface area contributed by atoms with Crippen LogP contribution in [0.15, 0.2) is 34.9 Å². The van der Waals surface area contributed by atoms with Crippen LogP contribution in [0.25, 0.3) is 11.0 Å². The molecule has 3 rings (SSSR count). The number of nitrogens with zero attached hydrogens (tertiary/aromatic N) is 2. The lowest BCUT2D eigenvalue weighted by molar-refractivity contribution is 0.100. The van der Waals surface area contributed by atoms with Gasteiger partial charge in [-0.1, -0.05) is 0 Å². The maximum absolute atomic E-state index is 13.2. The summed E-state index contributed by atoms with van der Waals surface area (Å²) in [6.45, 7) is 1.74. The summed E-state index contributed by atoms with van der Waals surface area (Å²) in [7, 11) is 1.69. The molecule has 0 spiro atoms. The summed E-state index contributed by atoms with van der Waals surface area (Å²) in [6, 6.07) is 5.82. The molecule has 0 atom stereocenters. The first-order valence-electron chi connectivity index (χ1n) is 5.79. The van der Waals surface area contributed by atoms with Gasteiger partial charge in [-0.3, -0.25) is 9.48 Å². The Bertz CT molecular complexity index is 786. The summed E-state index contributed by atoms with van der Waals surface area (Å²) in [6.07, 6.45) is 1.55. The van der Waals surface area contributed by atoms with Crippen molar-refractivity contribution in [2.75, 3.05) is 0 Å². The molecule has 0 aliphatic rings. The van der Waals surface area contributed by atoms with E-state index in [1.807, 2.05) is 0 Å². The Labute approximate surface area is 108 Å². The molecule has 0 radical (unpaired) electrons. The first kappa shape index (κ1) is 11.6. The van der Waals surface area contributed by atoms with Gasteiger partial charge in [-0.2, -0.15) is 5.10 Å². The number of aryl methyl sites for hydroxylation is 2. The molecule has 0 fully saturated rings. The van der Waals surface area contributed by atoms with E-state index in [4.69, 9.17) is 4.42 Å². The van der Waals surface area contributed by atoms with Crippen molar-refractivity contribution in [3.63, 3.8) is 0 Å². The van der Waals surface area contributed by atoms with Crippen molar-refractivity contribution in [2.24, 2.45) is 7.05 Å². The normalized spacial score (nSPS) is 11.1. The van der Waals surface area contributed by atoms with Crippen molar-refractivity contribution in [3.05, 3.63) is 53.3 Å². The van der Waals surface area contributed by atoms with Gasteiger partial charge < -0.3 is 4.42 Å². The Morgan fingerprint density at radius 2 is 2.16 bits per heavy atom. The number of benzene rings is 1. The fraction of sp³-hybridized carbons (Fsp3) is 0.143. The van der Waals surface area contributed by atoms with Crippen LogP contribution < -0.4 is 0 Å². The molecule has 0 aliphatic heterocycles. The molecule has 2 aromatic heterocycles. The van der Waals surface area contributed by atoms with Gasteiger partial charge in [-0.15, -0.1) is 0 Å². The van der Waals surface area contributed by atoms with Gasteiger partial charge in [0, 0.05) is 24.2 Å². The highest BCUT2D eigenvalue weighted by molar-refractivity contribution is 6.09. The van der Waals surface area contributed by atoms with Crippen LogP contribution in [0.2, 0.25) is 0 Å². The highest BCUT2D eigenvalue weighted by Crippen LogP contribution is 2.27. The zero-order valence-corrected chi connectivity index (χ0v) is 10.5. The Morgan fingerprint density at radius 3 is 2.84 bits per heavy atom. The largest absolute Gasteiger partial charge is 0.452 e. The Balaban J connectivity index is 2.18. The third-order valence-electron chi connectivity index (χ3n) is 3.16. The number of ketones is 1. The van der Waals surface area contributed by atoms with Gasteiger partial charge >= 0.3 is 0 Å². The summed E-state index contributed by atoms with van der Waals surface area (Å²) in [5.41, 5.74) is 1.58. The molecule has 19 heavy (non-hydrogen) atoms. The highest BCUT2D eigenvalue weighted by Gasteiger charge is 2.21. The second-order valence-corrected chi connectivity index (χ2v) is 4.37. The number of rotatable bonds is 2. The van der Waals surface area contributed by atoms with Gasteiger partial charge in [0.1, 0.15) is 17.1 Å². The van der Waals surface area contributed by atoms with E-state index in [1.54, 1.807) is 26.2 Å². The minimum atomic E-state index is -0.351. The lowest BCUT2D eigenvalue weighted by atomic mass is 10.1. The van der Waals surface area contributed by atoms with Crippen LogP contribution in [0.5, 0.6) is 0 Å². The number of fused-ring (bicyclic) bond motifs is 1. The number of furan rings is 1. The lowest BCUT2D eigenvalue weighted by Gasteiger charge is -1.99. The summed E-state index contributed by atoms with van der Waals surface area (Å²) in [4.78, 5) is 12.4. The molecule has 0 saturated carbocycles. The Kier molecular flexibility index (Phi) is 2.48. The number of aromatic nitrogens is 2. The molecule has 0 saturated heterocycles. The standard InChI is InChI=1S/C14H11FN2O2/c1-8-10-7-9(15)3-4-12(10)19-14(8)13(18)11-5-6-16-17(11)2/h3-7H,1-2H3. The van der Waals surface area contributed by atoms with E-state index in [9.17, 15) is 9.18 Å². The summed E-state index contributed by atoms with van der Waals surface area (Å²) in [5, 5.41) is 4.57. The van der Waals surface area contributed by atoms with Gasteiger partial charge in [0.2, 0.25) is 5.78 Å². The first-order valence-corrected chi connectivity index (χ1v) is 5.79. The maximum Gasteiger partial charge on any atom is 0.246 e. The van der Waals surface area contributed by atoms with Crippen LogP contribution in [-0.4, -0.2) is 15.6 Å². The third-order valence-corrected chi connectivity index (χ3v) is 3.16. The van der Waals surface area contributed by atoms with Crippen LogP contribution in [0.1, 0.15) is 21.8 Å². The molecule has 0 N–H and O–H groups in total. The SMILES string of the molecule is Cc1c(C(=O)c2ccnn2C)oc2ccc(F)cc12. The topological polar surface area (TPSA) is 48.0 Å². The first-order chi connectivity index (χ1) is 9.08. The Morgan fingerprint density at radius 1 is 1.37 bits per heavy atom. The van der Waals surface area contributed by atoms with Crippen LogP contribution in [0.3, 0.4) is 0 Å². The van der Waals surface area contributed by atoms with Gasteiger partial charge in [0.25, 0.3) is 0 Å². The number of hydrogen-bond acceptors (Lipinski definition) is 3. The third kappa shape index (κ3) is 1.74. The maximum atomic E-state index is 13.2. The molecule has 2 heterocycles. The van der Waals surface area contributed by atoms with E-state index in [0.717, 1.165) is 0 Å². The monoisotopic (exact) mass is 258 g/mol. The van der Waals surface area contributed by atoms with Crippen molar-refractivity contribution >= 4 is 16.8 Å². The predicted molar refractivity (Wildman–Crippen MR) is 67.5 cm³/mol. The fourth-order valence-electron chi connectivity index (χ4n) is 2.12. The number of halogens is 1. The molecule has 0 aliphatic carbocycles. The molecule has 96 valence electrons. The summed E-state index contributed by atoms with van der Waals surface area (Å²) < 4.78 is 20.2. The fourth-order valence-corrected chi connectivity index (χ4v) is 2.12. The molecule has 0 unspecified atom stereocenters. The Hall–Kier alpha value is -2.43. The van der Waals surface area contributed by atoms with E-state index in [0.29, 0.717) is 22.2 Å². The van der Waals surface area contributed by atoms with Gasteiger partial charge in [-0.25, -0.2) is 4.39 Å². The minimum Gasteiger partial charge on any atom is -0.452 e. The van der Waals surface area contributed by atoms with Crippen LogP contribution in [0, 0.1) is 12.7 Å². The van der Waals surface area contributed by atoms with Crippen molar-refractivity contribution in [3.8, 4) is 0 Å². The van der Waals surface area contributed by atoms with Crippen molar-refractivity contribution < 1.29 is 13.6 Å². The lowest BCUT2D eigenvalue weighted by Crippen LogP contribution is -2.08.